The molecule has 0 unspecified atom stereocenters. The van der Waals surface area contributed by atoms with E-state index in [1.54, 1.807) is 4.90 Å². The fourth-order valence-corrected chi connectivity index (χ4v) is 4.21. The molecule has 0 radical (unpaired) electrons. The van der Waals surface area contributed by atoms with Crippen molar-refractivity contribution in [1.82, 2.24) is 4.57 Å². The van der Waals surface area contributed by atoms with Crippen LogP contribution in [-0.2, 0) is 0 Å². The van der Waals surface area contributed by atoms with Gasteiger partial charge in [0.15, 0.2) is 11.6 Å². The number of anilines is 1. The van der Waals surface area contributed by atoms with Crippen LogP contribution in [0.2, 0.25) is 0 Å². The number of nitrogens with zero attached hydrogens (tertiary/aromatic N) is 2. The molecule has 2 fully saturated rings. The van der Waals surface area contributed by atoms with Gasteiger partial charge in [-0.15, -0.1) is 0 Å². The minimum Gasteiger partial charge on any atom is -0.492 e. The summed E-state index contributed by atoms with van der Waals surface area (Å²) >= 11 is 0. The Morgan fingerprint density at radius 3 is 2.71 bits per heavy atom. The molecule has 3 N–H and O–H groups in total. The molecule has 0 spiro atoms. The number of carbonyl (C=O) groups is 1. The number of alkyl halides is 1. The van der Waals surface area contributed by atoms with Gasteiger partial charge < -0.3 is 25.0 Å². The number of halogens is 3. The highest BCUT2D eigenvalue weighted by Crippen LogP contribution is 2.45. The van der Waals surface area contributed by atoms with Crippen LogP contribution in [0.25, 0.3) is 10.9 Å². The number of ether oxygens (including phenoxy) is 1. The fourth-order valence-electron chi connectivity index (χ4n) is 4.21. The molecule has 1 saturated heterocycles. The molecule has 2 aliphatic rings. The fraction of sp³-hybridized carbons (Fsp3) is 0.429. The predicted molar refractivity (Wildman–Crippen MR) is 109 cm³/mol. The summed E-state index contributed by atoms with van der Waals surface area (Å²) in [6.45, 7) is 0.249. The molecule has 0 bridgehead atoms. The molecule has 1 aliphatic carbocycles. The first-order chi connectivity index (χ1) is 14.8. The molecule has 10 heteroatoms. The number of rotatable bonds is 5. The highest BCUT2D eigenvalue weighted by molar-refractivity contribution is 5.97. The topological polar surface area (TPSA) is 97.8 Å². The van der Waals surface area contributed by atoms with Gasteiger partial charge in [0.1, 0.15) is 23.2 Å². The van der Waals surface area contributed by atoms with Gasteiger partial charge in [0.05, 0.1) is 24.1 Å². The molecule has 4 rings (SSSR count). The number of hydrogen-bond donors (Lipinski definition) is 2. The van der Waals surface area contributed by atoms with Crippen molar-refractivity contribution in [3.05, 3.63) is 45.3 Å². The summed E-state index contributed by atoms with van der Waals surface area (Å²) in [5.41, 5.74) is 4.54. The highest BCUT2D eigenvalue weighted by atomic mass is 19.1. The summed E-state index contributed by atoms with van der Waals surface area (Å²) in [7, 11) is 1.29. The number of aromatic nitrogens is 1. The third-order valence-electron chi connectivity index (χ3n) is 5.84. The number of fused-ring (bicyclic) bond motifs is 1. The Kier molecular flexibility index (Phi) is 5.42. The lowest BCUT2D eigenvalue weighted by Gasteiger charge is -2.33. The van der Waals surface area contributed by atoms with Crippen molar-refractivity contribution < 1.29 is 27.8 Å². The third-order valence-corrected chi connectivity index (χ3v) is 5.84. The molecule has 1 aromatic carbocycles. The van der Waals surface area contributed by atoms with E-state index in [0.717, 1.165) is 12.3 Å². The van der Waals surface area contributed by atoms with Crippen molar-refractivity contribution >= 4 is 22.6 Å². The molecular weight excluding hydrogens is 415 g/mol. The first-order valence-electron chi connectivity index (χ1n) is 9.92. The van der Waals surface area contributed by atoms with E-state index in [2.05, 4.69) is 0 Å². The van der Waals surface area contributed by atoms with Crippen molar-refractivity contribution in [2.45, 2.75) is 31.5 Å². The molecule has 7 nitrogen and oxygen atoms in total. The summed E-state index contributed by atoms with van der Waals surface area (Å²) in [5.74, 6) is -2.76. The lowest BCUT2D eigenvalue weighted by Crippen LogP contribution is -2.33. The Balaban J connectivity index is 1.98. The van der Waals surface area contributed by atoms with Gasteiger partial charge in [-0.1, -0.05) is 0 Å². The van der Waals surface area contributed by atoms with Gasteiger partial charge in [-0.3, -0.25) is 4.79 Å². The molecule has 1 aliphatic heterocycles. The summed E-state index contributed by atoms with van der Waals surface area (Å²) < 4.78 is 50.1. The maximum atomic E-state index is 15.3. The first-order valence-corrected chi connectivity index (χ1v) is 9.92. The van der Waals surface area contributed by atoms with Gasteiger partial charge in [0.2, 0.25) is 5.43 Å². The lowest BCUT2D eigenvalue weighted by atomic mass is 10.0. The number of benzene rings is 1. The van der Waals surface area contributed by atoms with Crippen LogP contribution in [0.4, 0.5) is 18.9 Å². The molecule has 31 heavy (non-hydrogen) atoms. The Hall–Kier alpha value is -3.01. The van der Waals surface area contributed by atoms with Crippen molar-refractivity contribution in [2.75, 3.05) is 31.6 Å². The predicted octanol–water partition coefficient (Wildman–Crippen LogP) is 2.91. The second-order valence-electron chi connectivity index (χ2n) is 7.78. The average Bonchev–Trinajstić information content (AvgIpc) is 3.48. The number of methoxy groups -OCH3 is 1. The van der Waals surface area contributed by atoms with Crippen molar-refractivity contribution in [2.24, 2.45) is 5.73 Å². The van der Waals surface area contributed by atoms with Gasteiger partial charge in [0, 0.05) is 32.3 Å². The van der Waals surface area contributed by atoms with Crippen LogP contribution in [-0.4, -0.2) is 48.6 Å². The number of carboxylic acids is 1. The molecular formula is C21H22F3N3O4. The maximum absolute atomic E-state index is 15.3. The average molecular weight is 437 g/mol. The smallest absolute Gasteiger partial charge is 0.341 e. The molecule has 2 atom stereocenters. The molecule has 1 saturated carbocycles. The van der Waals surface area contributed by atoms with Gasteiger partial charge in [-0.05, 0) is 24.5 Å². The largest absolute Gasteiger partial charge is 0.492 e. The van der Waals surface area contributed by atoms with E-state index in [1.807, 2.05) is 0 Å². The maximum Gasteiger partial charge on any atom is 0.341 e. The molecule has 166 valence electrons. The van der Waals surface area contributed by atoms with E-state index in [-0.39, 0.29) is 41.9 Å². The van der Waals surface area contributed by atoms with Crippen LogP contribution in [0, 0.1) is 5.82 Å². The van der Waals surface area contributed by atoms with Gasteiger partial charge in [0.25, 0.3) is 0 Å². The zero-order chi connectivity index (χ0) is 22.4. The van der Waals surface area contributed by atoms with E-state index >= 15 is 4.39 Å². The van der Waals surface area contributed by atoms with Crippen LogP contribution in [0.15, 0.2) is 28.5 Å². The zero-order valence-electron chi connectivity index (χ0n) is 16.8. The number of hydrogen-bond acceptors (Lipinski definition) is 5. The van der Waals surface area contributed by atoms with Crippen LogP contribution >= 0.6 is 0 Å². The molecule has 2 heterocycles. The Morgan fingerprint density at radius 1 is 1.42 bits per heavy atom. The number of pyridine rings is 1. The van der Waals surface area contributed by atoms with Crippen LogP contribution in [0.3, 0.4) is 0 Å². The lowest BCUT2D eigenvalue weighted by molar-refractivity contribution is 0.0694. The van der Waals surface area contributed by atoms with E-state index in [4.69, 9.17) is 10.5 Å². The molecule has 1 aromatic heterocycles. The van der Waals surface area contributed by atoms with E-state index < -0.39 is 40.8 Å². The number of aromatic carboxylic acids is 1. The Morgan fingerprint density at radius 2 is 2.13 bits per heavy atom. The monoisotopic (exact) mass is 437 g/mol. The standard InChI is InChI=1S/C21H22F3N3O4/c1-31-20-17-11(19(28)12(21(29)30)9-27(17)16-6-13(16)22)5-14(23)18(20)26-4-2-3-10(8-26)15(24)7-25/h5,9,13,16H,2-4,6-8,25H2,1H3,(H,29,30)/b15-10+/t13-,16+/m0/s1. The van der Waals surface area contributed by atoms with E-state index in [9.17, 15) is 23.5 Å². The summed E-state index contributed by atoms with van der Waals surface area (Å²) in [4.78, 5) is 25.9. The van der Waals surface area contributed by atoms with Crippen molar-refractivity contribution in [1.29, 1.82) is 0 Å². The number of carboxylic acid groups (broad SMARTS) is 1. The summed E-state index contributed by atoms with van der Waals surface area (Å²) in [6, 6.07) is 0.269. The minimum atomic E-state index is -1.48. The SMILES string of the molecule is COc1c(N2CCC/C(=C(\F)CN)C2)c(F)cc2c(=O)c(C(=O)O)cn([C@@H]3C[C@@H]3F)c12. The number of piperidine rings is 1. The summed E-state index contributed by atoms with van der Waals surface area (Å²) in [6.07, 6.45) is 1.06. The van der Waals surface area contributed by atoms with Gasteiger partial charge in [-0.25, -0.2) is 18.0 Å². The highest BCUT2D eigenvalue weighted by Gasteiger charge is 2.41. The zero-order valence-corrected chi connectivity index (χ0v) is 16.8. The van der Waals surface area contributed by atoms with Crippen LogP contribution in [0.5, 0.6) is 5.75 Å². The van der Waals surface area contributed by atoms with Crippen LogP contribution in [0.1, 0.15) is 35.7 Å². The molecule has 0 amide bonds. The second-order valence-corrected chi connectivity index (χ2v) is 7.78. The Bertz CT molecular complexity index is 1160. The van der Waals surface area contributed by atoms with Crippen LogP contribution < -0.4 is 20.8 Å². The third kappa shape index (κ3) is 3.54. The van der Waals surface area contributed by atoms with Crippen molar-refractivity contribution in [3.8, 4) is 5.75 Å². The Labute approximate surface area is 175 Å². The first kappa shape index (κ1) is 21.2. The van der Waals surface area contributed by atoms with Gasteiger partial charge in [-0.2, -0.15) is 0 Å². The quantitative estimate of drug-likeness (QED) is 0.747. The van der Waals surface area contributed by atoms with Gasteiger partial charge >= 0.3 is 5.97 Å². The normalized spacial score (nSPS) is 22.5. The van der Waals surface area contributed by atoms with Crippen molar-refractivity contribution in [3.63, 3.8) is 0 Å². The number of nitrogens with two attached hydrogens (primary N) is 1. The van der Waals surface area contributed by atoms with E-state index in [0.29, 0.717) is 25.0 Å². The summed E-state index contributed by atoms with van der Waals surface area (Å²) in [5, 5.41) is 9.18. The second kappa shape index (κ2) is 7.92. The molecule has 2 aromatic rings. The van der Waals surface area contributed by atoms with E-state index in [1.165, 1.54) is 11.7 Å². The minimum absolute atomic E-state index is 0.0162.